The van der Waals surface area contributed by atoms with Crippen molar-refractivity contribution < 1.29 is 4.74 Å². The van der Waals surface area contributed by atoms with Crippen molar-refractivity contribution in [2.24, 2.45) is 0 Å². The van der Waals surface area contributed by atoms with Crippen LogP contribution in [0.25, 0.3) is 0 Å². The van der Waals surface area contributed by atoms with E-state index in [1.54, 1.807) is 11.3 Å². The zero-order valence-electron chi connectivity index (χ0n) is 8.20. The molecule has 2 rings (SSSR count). The number of rotatable bonds is 2. The standard InChI is InChI=1S/C10H14BrNOS/c1-8-5-12(2-3-13-8)6-9-4-10(11)14-7-9/h4,7-8H,2-3,5-6H2,1H3/t8-/m0/s1. The van der Waals surface area contributed by atoms with E-state index in [0.717, 1.165) is 26.2 Å². The third-order valence-electron chi connectivity index (χ3n) is 2.35. The van der Waals surface area contributed by atoms with Gasteiger partial charge in [0, 0.05) is 19.6 Å². The number of nitrogens with zero attached hydrogens (tertiary/aromatic N) is 1. The van der Waals surface area contributed by atoms with E-state index in [2.05, 4.69) is 39.2 Å². The van der Waals surface area contributed by atoms with Crippen LogP contribution in [-0.2, 0) is 11.3 Å². The monoisotopic (exact) mass is 275 g/mol. The first kappa shape index (κ1) is 10.6. The number of halogens is 1. The highest BCUT2D eigenvalue weighted by atomic mass is 79.9. The Morgan fingerprint density at radius 2 is 2.57 bits per heavy atom. The molecular weight excluding hydrogens is 262 g/mol. The predicted molar refractivity (Wildman–Crippen MR) is 62.7 cm³/mol. The van der Waals surface area contributed by atoms with Gasteiger partial charge in [0.05, 0.1) is 16.5 Å². The lowest BCUT2D eigenvalue weighted by atomic mass is 10.2. The van der Waals surface area contributed by atoms with E-state index in [0.29, 0.717) is 6.10 Å². The quantitative estimate of drug-likeness (QED) is 0.823. The highest BCUT2D eigenvalue weighted by molar-refractivity contribution is 9.11. The molecule has 0 radical (unpaired) electrons. The molecule has 2 nitrogen and oxygen atoms in total. The second-order valence-electron chi connectivity index (χ2n) is 3.68. The largest absolute Gasteiger partial charge is 0.376 e. The Bertz CT molecular complexity index is 302. The number of hydrogen-bond acceptors (Lipinski definition) is 3. The highest BCUT2D eigenvalue weighted by Gasteiger charge is 2.16. The minimum absolute atomic E-state index is 0.380. The number of hydrogen-bond donors (Lipinski definition) is 0. The molecule has 1 aliphatic heterocycles. The minimum Gasteiger partial charge on any atom is -0.376 e. The van der Waals surface area contributed by atoms with Crippen molar-refractivity contribution in [3.63, 3.8) is 0 Å². The predicted octanol–water partition coefficient (Wildman–Crippen LogP) is 2.73. The molecule has 2 heterocycles. The molecule has 1 fully saturated rings. The maximum atomic E-state index is 5.50. The summed E-state index contributed by atoms with van der Waals surface area (Å²) < 4.78 is 6.72. The normalized spacial score (nSPS) is 24.0. The minimum atomic E-state index is 0.380. The Kier molecular flexibility index (Phi) is 3.60. The Labute approximate surface area is 97.0 Å². The first-order chi connectivity index (χ1) is 6.74. The van der Waals surface area contributed by atoms with Crippen LogP contribution < -0.4 is 0 Å². The van der Waals surface area contributed by atoms with Gasteiger partial charge in [-0.25, -0.2) is 0 Å². The second kappa shape index (κ2) is 4.75. The molecule has 1 atom stereocenters. The Morgan fingerprint density at radius 3 is 3.21 bits per heavy atom. The fraction of sp³-hybridized carbons (Fsp3) is 0.600. The molecule has 0 unspecified atom stereocenters. The molecule has 1 aromatic heterocycles. The zero-order chi connectivity index (χ0) is 9.97. The van der Waals surface area contributed by atoms with Crippen molar-refractivity contribution in [1.29, 1.82) is 0 Å². The fourth-order valence-corrected chi connectivity index (χ4v) is 2.92. The molecule has 0 amide bonds. The van der Waals surface area contributed by atoms with Gasteiger partial charge >= 0.3 is 0 Å². The van der Waals surface area contributed by atoms with Crippen molar-refractivity contribution in [3.05, 3.63) is 20.8 Å². The maximum Gasteiger partial charge on any atom is 0.0701 e. The zero-order valence-corrected chi connectivity index (χ0v) is 10.6. The van der Waals surface area contributed by atoms with Crippen LogP contribution in [0.3, 0.4) is 0 Å². The van der Waals surface area contributed by atoms with Gasteiger partial charge in [0.2, 0.25) is 0 Å². The van der Waals surface area contributed by atoms with Crippen LogP contribution in [-0.4, -0.2) is 30.7 Å². The van der Waals surface area contributed by atoms with E-state index in [-0.39, 0.29) is 0 Å². The fourth-order valence-electron chi connectivity index (χ4n) is 1.72. The van der Waals surface area contributed by atoms with Crippen molar-refractivity contribution in [2.75, 3.05) is 19.7 Å². The van der Waals surface area contributed by atoms with Crippen LogP contribution in [0.4, 0.5) is 0 Å². The molecule has 78 valence electrons. The van der Waals surface area contributed by atoms with E-state index in [1.807, 2.05) is 0 Å². The summed E-state index contributed by atoms with van der Waals surface area (Å²) in [6.45, 7) is 6.16. The summed E-state index contributed by atoms with van der Waals surface area (Å²) in [7, 11) is 0. The van der Waals surface area contributed by atoms with Gasteiger partial charge in [-0.15, -0.1) is 11.3 Å². The van der Waals surface area contributed by atoms with Gasteiger partial charge in [0.15, 0.2) is 0 Å². The third-order valence-corrected chi connectivity index (χ3v) is 3.91. The molecule has 14 heavy (non-hydrogen) atoms. The average Bonchev–Trinajstić information content (AvgIpc) is 2.51. The molecule has 0 saturated carbocycles. The van der Waals surface area contributed by atoms with E-state index in [4.69, 9.17) is 4.74 Å². The van der Waals surface area contributed by atoms with E-state index < -0.39 is 0 Å². The summed E-state index contributed by atoms with van der Waals surface area (Å²) in [6.07, 6.45) is 0.380. The maximum absolute atomic E-state index is 5.50. The lowest BCUT2D eigenvalue weighted by Gasteiger charge is -2.30. The molecule has 1 aromatic rings. The first-order valence-electron chi connectivity index (χ1n) is 4.81. The van der Waals surface area contributed by atoms with Gasteiger partial charge in [-0.2, -0.15) is 0 Å². The topological polar surface area (TPSA) is 12.5 Å². The van der Waals surface area contributed by atoms with E-state index >= 15 is 0 Å². The smallest absolute Gasteiger partial charge is 0.0701 e. The Balaban J connectivity index is 1.90. The Morgan fingerprint density at radius 1 is 1.71 bits per heavy atom. The molecular formula is C10H14BrNOS. The van der Waals surface area contributed by atoms with Gasteiger partial charge in [-0.3, -0.25) is 4.90 Å². The first-order valence-corrected chi connectivity index (χ1v) is 6.48. The molecule has 4 heteroatoms. The molecule has 0 bridgehead atoms. The SMILES string of the molecule is C[C@H]1CN(Cc2csc(Br)c2)CCO1. The van der Waals surface area contributed by atoms with Gasteiger partial charge in [-0.05, 0) is 39.9 Å². The summed E-state index contributed by atoms with van der Waals surface area (Å²) in [5.41, 5.74) is 1.40. The third kappa shape index (κ3) is 2.79. The lowest BCUT2D eigenvalue weighted by molar-refractivity contribution is -0.0211. The number of morpholine rings is 1. The summed E-state index contributed by atoms with van der Waals surface area (Å²) in [5, 5.41) is 2.21. The van der Waals surface area contributed by atoms with Crippen molar-refractivity contribution in [2.45, 2.75) is 19.6 Å². The van der Waals surface area contributed by atoms with Crippen LogP contribution in [0.5, 0.6) is 0 Å². The summed E-state index contributed by atoms with van der Waals surface area (Å²) in [5.74, 6) is 0. The van der Waals surface area contributed by atoms with Crippen molar-refractivity contribution in [1.82, 2.24) is 4.90 Å². The molecule has 0 aromatic carbocycles. The van der Waals surface area contributed by atoms with Crippen LogP contribution >= 0.6 is 27.3 Å². The van der Waals surface area contributed by atoms with Crippen LogP contribution in [0.15, 0.2) is 15.2 Å². The molecule has 0 N–H and O–H groups in total. The highest BCUT2D eigenvalue weighted by Crippen LogP contribution is 2.22. The molecule has 1 saturated heterocycles. The average molecular weight is 276 g/mol. The van der Waals surface area contributed by atoms with Crippen LogP contribution in [0, 0.1) is 0 Å². The van der Waals surface area contributed by atoms with Crippen LogP contribution in [0.1, 0.15) is 12.5 Å². The summed E-state index contributed by atoms with van der Waals surface area (Å²) in [6, 6.07) is 2.20. The van der Waals surface area contributed by atoms with E-state index in [9.17, 15) is 0 Å². The van der Waals surface area contributed by atoms with Gasteiger partial charge in [0.1, 0.15) is 0 Å². The molecule has 0 spiro atoms. The van der Waals surface area contributed by atoms with Gasteiger partial charge in [0.25, 0.3) is 0 Å². The van der Waals surface area contributed by atoms with Crippen LogP contribution in [0.2, 0.25) is 0 Å². The number of ether oxygens (including phenoxy) is 1. The lowest BCUT2D eigenvalue weighted by Crippen LogP contribution is -2.40. The molecule has 1 aliphatic rings. The second-order valence-corrected chi connectivity index (χ2v) is 5.97. The van der Waals surface area contributed by atoms with E-state index in [1.165, 1.54) is 9.35 Å². The molecule has 0 aliphatic carbocycles. The summed E-state index contributed by atoms with van der Waals surface area (Å²) >= 11 is 5.24. The number of thiophene rings is 1. The van der Waals surface area contributed by atoms with Gasteiger partial charge in [-0.1, -0.05) is 0 Å². The summed E-state index contributed by atoms with van der Waals surface area (Å²) in [4.78, 5) is 2.45. The van der Waals surface area contributed by atoms with Crippen molar-refractivity contribution in [3.8, 4) is 0 Å². The Hall–Kier alpha value is 0.1000. The van der Waals surface area contributed by atoms with Gasteiger partial charge < -0.3 is 4.74 Å². The van der Waals surface area contributed by atoms with Crippen molar-refractivity contribution >= 4 is 27.3 Å².